The van der Waals surface area contributed by atoms with Crippen LogP contribution in [0.25, 0.3) is 0 Å². The second kappa shape index (κ2) is 8.69. The van der Waals surface area contributed by atoms with Crippen molar-refractivity contribution in [3.05, 3.63) is 110 Å². The van der Waals surface area contributed by atoms with Crippen LogP contribution in [0, 0.1) is 0 Å². The van der Waals surface area contributed by atoms with Crippen molar-refractivity contribution in [1.82, 2.24) is 0 Å². The molecule has 0 radical (unpaired) electrons. The second-order valence-corrected chi connectivity index (χ2v) is 20.1. The van der Waals surface area contributed by atoms with E-state index in [1.807, 2.05) is 73.8 Å². The van der Waals surface area contributed by atoms with Crippen LogP contribution in [0.2, 0.25) is 13.1 Å². The van der Waals surface area contributed by atoms with E-state index >= 15 is 0 Å². The lowest BCUT2D eigenvalue weighted by molar-refractivity contribution is 0.258. The SMILES string of the molecule is C=C[Si]1(C)O[Si](C)(C=C)O[Si](C=C)(c2ccccc2)O[Si](C=C)(c2ccccc2)O1. The van der Waals surface area contributed by atoms with Crippen LogP contribution in [0.5, 0.6) is 0 Å². The molecule has 0 saturated carbocycles. The highest BCUT2D eigenvalue weighted by atomic mass is 28.5. The molecule has 0 aliphatic carbocycles. The molecule has 1 aliphatic heterocycles. The first-order valence-electron chi connectivity index (χ1n) is 9.74. The molecule has 1 saturated heterocycles. The molecule has 0 amide bonds. The minimum absolute atomic E-state index is 0.936. The van der Waals surface area contributed by atoms with Gasteiger partial charge in [0.15, 0.2) is 0 Å². The van der Waals surface area contributed by atoms with E-state index in [1.54, 1.807) is 22.8 Å². The van der Waals surface area contributed by atoms with Gasteiger partial charge in [-0.15, -0.1) is 26.3 Å². The van der Waals surface area contributed by atoms with Crippen LogP contribution in [0.3, 0.4) is 0 Å². The van der Waals surface area contributed by atoms with Gasteiger partial charge in [-0.3, -0.25) is 0 Å². The third-order valence-electron chi connectivity index (χ3n) is 5.05. The molecule has 1 aliphatic rings. The van der Waals surface area contributed by atoms with Crippen molar-refractivity contribution in [2.45, 2.75) is 13.1 Å². The maximum Gasteiger partial charge on any atom is 0.382 e. The molecule has 4 unspecified atom stereocenters. The maximum atomic E-state index is 7.02. The Morgan fingerprint density at radius 3 is 1.20 bits per heavy atom. The number of hydrogen-bond donors (Lipinski definition) is 0. The molecule has 4 atom stereocenters. The molecule has 156 valence electrons. The fraction of sp³-hybridized carbons (Fsp3) is 0.0909. The Kier molecular flexibility index (Phi) is 6.60. The first-order valence-corrected chi connectivity index (χ1v) is 18.3. The standard InChI is InChI=1S/C22H28O4Si4/c1-7-27(5)23-28(6,8-2)25-30(10-4,22-19-15-12-16-20-22)26-29(9-3,24-27)21-17-13-11-14-18-21/h7-20H,1-4H2,5-6H3. The Morgan fingerprint density at radius 1 is 0.533 bits per heavy atom. The van der Waals surface area contributed by atoms with Crippen LogP contribution < -0.4 is 10.4 Å². The molecule has 1 heterocycles. The summed E-state index contributed by atoms with van der Waals surface area (Å²) in [6, 6.07) is 19.8. The quantitative estimate of drug-likeness (QED) is 0.604. The molecule has 2 aromatic carbocycles. The lowest BCUT2D eigenvalue weighted by atomic mass is 10.4. The molecule has 0 spiro atoms. The van der Waals surface area contributed by atoms with E-state index in [-0.39, 0.29) is 0 Å². The van der Waals surface area contributed by atoms with Gasteiger partial charge in [0.25, 0.3) is 0 Å². The van der Waals surface area contributed by atoms with Crippen molar-refractivity contribution in [3.63, 3.8) is 0 Å². The van der Waals surface area contributed by atoms with Gasteiger partial charge < -0.3 is 16.5 Å². The fourth-order valence-corrected chi connectivity index (χ4v) is 21.8. The molecule has 0 aromatic heterocycles. The average Bonchev–Trinajstić information content (AvgIpc) is 2.78. The van der Waals surface area contributed by atoms with E-state index < -0.39 is 34.2 Å². The summed E-state index contributed by atoms with van der Waals surface area (Å²) in [6.07, 6.45) is 0. The molecule has 30 heavy (non-hydrogen) atoms. The fourth-order valence-electron chi connectivity index (χ4n) is 3.46. The monoisotopic (exact) mass is 468 g/mol. The summed E-state index contributed by atoms with van der Waals surface area (Å²) in [7, 11) is -12.2. The Bertz CT molecular complexity index is 865. The van der Waals surface area contributed by atoms with E-state index in [0.29, 0.717) is 0 Å². The van der Waals surface area contributed by atoms with E-state index in [9.17, 15) is 0 Å². The van der Waals surface area contributed by atoms with Gasteiger partial charge in [-0.05, 0) is 34.9 Å². The van der Waals surface area contributed by atoms with Crippen molar-refractivity contribution in [3.8, 4) is 0 Å². The van der Waals surface area contributed by atoms with E-state index in [1.165, 1.54) is 0 Å². The van der Waals surface area contributed by atoms with Crippen LogP contribution in [-0.4, -0.2) is 34.2 Å². The first-order chi connectivity index (χ1) is 14.3. The Morgan fingerprint density at radius 2 is 0.900 bits per heavy atom. The zero-order chi connectivity index (χ0) is 21.9. The number of benzene rings is 2. The van der Waals surface area contributed by atoms with Crippen molar-refractivity contribution in [2.75, 3.05) is 0 Å². The molecule has 2 aromatic rings. The highest BCUT2D eigenvalue weighted by molar-refractivity contribution is 7.05. The third-order valence-corrected chi connectivity index (χ3v) is 21.2. The van der Waals surface area contributed by atoms with Gasteiger partial charge in [-0.25, -0.2) is 0 Å². The Balaban J connectivity index is 2.28. The van der Waals surface area contributed by atoms with Crippen LogP contribution in [0.1, 0.15) is 0 Å². The minimum atomic E-state index is -3.20. The lowest BCUT2D eigenvalue weighted by Crippen LogP contribution is -2.73. The summed E-state index contributed by atoms with van der Waals surface area (Å²) in [5, 5.41) is 1.87. The van der Waals surface area contributed by atoms with Gasteiger partial charge in [-0.2, -0.15) is 0 Å². The third kappa shape index (κ3) is 4.27. The largest absolute Gasteiger partial charge is 0.410 e. The van der Waals surface area contributed by atoms with Gasteiger partial charge in [0.2, 0.25) is 0 Å². The lowest BCUT2D eigenvalue weighted by Gasteiger charge is -2.48. The van der Waals surface area contributed by atoms with E-state index in [2.05, 4.69) is 26.3 Å². The summed E-state index contributed by atoms with van der Waals surface area (Å²) < 4.78 is 27.3. The van der Waals surface area contributed by atoms with Crippen molar-refractivity contribution >= 4 is 44.6 Å². The minimum Gasteiger partial charge on any atom is -0.410 e. The molecule has 4 nitrogen and oxygen atoms in total. The van der Waals surface area contributed by atoms with Crippen LogP contribution in [0.4, 0.5) is 0 Å². The first kappa shape index (κ1) is 22.8. The summed E-state index contributed by atoms with van der Waals surface area (Å²) in [5.74, 6) is 0. The zero-order valence-electron chi connectivity index (χ0n) is 17.5. The van der Waals surface area contributed by atoms with Crippen molar-refractivity contribution < 1.29 is 16.5 Å². The average molecular weight is 469 g/mol. The second-order valence-electron chi connectivity index (χ2n) is 7.32. The molecule has 0 N–H and O–H groups in total. The highest BCUT2D eigenvalue weighted by Crippen LogP contribution is 2.32. The van der Waals surface area contributed by atoms with Gasteiger partial charge in [0.1, 0.15) is 0 Å². The molecule has 0 bridgehead atoms. The summed E-state index contributed by atoms with van der Waals surface area (Å²) in [5.41, 5.74) is 7.15. The van der Waals surface area contributed by atoms with Gasteiger partial charge >= 0.3 is 34.2 Å². The summed E-state index contributed by atoms with van der Waals surface area (Å²) in [6.45, 7) is 20.2. The van der Waals surface area contributed by atoms with Gasteiger partial charge in [0.05, 0.1) is 0 Å². The smallest absolute Gasteiger partial charge is 0.382 e. The van der Waals surface area contributed by atoms with Crippen molar-refractivity contribution in [2.24, 2.45) is 0 Å². The summed E-state index contributed by atoms with van der Waals surface area (Å²) >= 11 is 0. The Hall–Kier alpha value is -1.89. The molecular weight excluding hydrogens is 441 g/mol. The Labute approximate surface area is 183 Å². The predicted molar refractivity (Wildman–Crippen MR) is 132 cm³/mol. The topological polar surface area (TPSA) is 36.9 Å². The predicted octanol–water partition coefficient (Wildman–Crippen LogP) is 3.81. The maximum absolute atomic E-state index is 7.02. The number of hydrogen-bond acceptors (Lipinski definition) is 4. The molecule has 3 rings (SSSR count). The van der Waals surface area contributed by atoms with Crippen LogP contribution in [0.15, 0.2) is 110 Å². The number of rotatable bonds is 6. The van der Waals surface area contributed by atoms with E-state index in [4.69, 9.17) is 16.5 Å². The normalized spacial score (nSPS) is 34.2. The van der Waals surface area contributed by atoms with Crippen LogP contribution >= 0.6 is 0 Å². The van der Waals surface area contributed by atoms with Gasteiger partial charge in [-0.1, -0.05) is 72.1 Å². The highest BCUT2D eigenvalue weighted by Gasteiger charge is 2.58. The van der Waals surface area contributed by atoms with E-state index in [0.717, 1.165) is 10.4 Å². The molecule has 1 fully saturated rings. The van der Waals surface area contributed by atoms with Gasteiger partial charge in [0, 0.05) is 0 Å². The zero-order valence-corrected chi connectivity index (χ0v) is 21.5. The molecule has 8 heteroatoms. The summed E-state index contributed by atoms with van der Waals surface area (Å²) in [4.78, 5) is 0. The van der Waals surface area contributed by atoms with Crippen molar-refractivity contribution in [1.29, 1.82) is 0 Å². The molecular formula is C22H28O4Si4. The van der Waals surface area contributed by atoms with Crippen LogP contribution in [-0.2, 0) is 16.5 Å².